The van der Waals surface area contributed by atoms with Gasteiger partial charge < -0.3 is 26.2 Å². The van der Waals surface area contributed by atoms with Crippen LogP contribution in [0.25, 0.3) is 5.65 Å². The fraction of sp³-hybridized carbons (Fsp3) is 0.556. The van der Waals surface area contributed by atoms with Crippen molar-refractivity contribution in [2.75, 3.05) is 50.1 Å². The summed E-state index contributed by atoms with van der Waals surface area (Å²) in [5.74, 6) is 0.860. The second-order valence-corrected chi connectivity index (χ2v) is 9.93. The van der Waals surface area contributed by atoms with Crippen LogP contribution in [0.15, 0.2) is 24.3 Å². The Morgan fingerprint density at radius 2 is 1.92 bits per heavy atom. The van der Waals surface area contributed by atoms with Crippen LogP contribution in [-0.2, 0) is 23.8 Å². The second kappa shape index (κ2) is 12.3. The molecular formula is C27H37F3N6O2. The average Bonchev–Trinajstić information content (AvgIpc) is 3.24. The number of rotatable bonds is 11. The maximum atomic E-state index is 13.6. The van der Waals surface area contributed by atoms with Gasteiger partial charge in [-0.3, -0.25) is 0 Å². The number of alkyl halides is 3. The molecule has 1 unspecified atom stereocenters. The van der Waals surface area contributed by atoms with E-state index in [0.717, 1.165) is 43.1 Å². The summed E-state index contributed by atoms with van der Waals surface area (Å²) in [5.41, 5.74) is 14.7. The molecule has 11 heteroatoms. The van der Waals surface area contributed by atoms with Crippen molar-refractivity contribution in [3.63, 3.8) is 0 Å². The highest BCUT2D eigenvalue weighted by Crippen LogP contribution is 2.34. The van der Waals surface area contributed by atoms with E-state index in [1.54, 1.807) is 16.6 Å². The smallest absolute Gasteiger partial charge is 0.396 e. The Morgan fingerprint density at radius 1 is 1.16 bits per heavy atom. The number of aromatic nitrogens is 3. The number of nitrogen functional groups attached to an aromatic ring is 1. The first-order valence-corrected chi connectivity index (χ1v) is 13.2. The molecule has 8 nitrogen and oxygen atoms in total. The van der Waals surface area contributed by atoms with Crippen molar-refractivity contribution >= 4 is 17.2 Å². The Kier molecular flexibility index (Phi) is 9.11. The lowest BCUT2D eigenvalue weighted by Gasteiger charge is -2.27. The van der Waals surface area contributed by atoms with E-state index < -0.39 is 11.7 Å². The Hall–Kier alpha value is -2.89. The van der Waals surface area contributed by atoms with E-state index in [4.69, 9.17) is 26.3 Å². The molecule has 208 valence electrons. The maximum Gasteiger partial charge on any atom is 0.416 e. The van der Waals surface area contributed by atoms with Gasteiger partial charge in [-0.15, -0.1) is 5.10 Å². The van der Waals surface area contributed by atoms with Gasteiger partial charge in [0.05, 0.1) is 35.9 Å². The minimum Gasteiger partial charge on any atom is -0.396 e. The van der Waals surface area contributed by atoms with Gasteiger partial charge in [0.1, 0.15) is 0 Å². The number of aryl methyl sites for hydroxylation is 1. The normalized spacial score (nSPS) is 15.4. The van der Waals surface area contributed by atoms with Crippen molar-refractivity contribution in [2.24, 2.45) is 11.7 Å². The molecule has 3 aromatic rings. The van der Waals surface area contributed by atoms with E-state index in [9.17, 15) is 18.3 Å². The Morgan fingerprint density at radius 3 is 2.61 bits per heavy atom. The van der Waals surface area contributed by atoms with Crippen LogP contribution in [0.1, 0.15) is 53.8 Å². The van der Waals surface area contributed by atoms with Crippen LogP contribution in [0.4, 0.5) is 24.7 Å². The van der Waals surface area contributed by atoms with E-state index in [-0.39, 0.29) is 24.5 Å². The summed E-state index contributed by atoms with van der Waals surface area (Å²) in [4.78, 5) is 6.90. The summed E-state index contributed by atoms with van der Waals surface area (Å²) in [6.07, 6.45) is -0.234. The van der Waals surface area contributed by atoms with E-state index in [1.807, 2.05) is 0 Å². The fourth-order valence-electron chi connectivity index (χ4n) is 5.09. The minimum atomic E-state index is -4.43. The first-order valence-electron chi connectivity index (χ1n) is 13.2. The Balaban J connectivity index is 1.69. The summed E-state index contributed by atoms with van der Waals surface area (Å²) in [5, 5.41) is 14.4. The molecule has 3 heterocycles. The fourth-order valence-corrected chi connectivity index (χ4v) is 5.09. The Bertz CT molecular complexity index is 1220. The lowest BCUT2D eigenvalue weighted by Crippen LogP contribution is -2.37. The molecule has 0 amide bonds. The molecule has 4 rings (SSSR count). The SMILES string of the molecule is Cc1c(Cc2c(CCCCC(CO)CCN)nc3c(N)cc(N4CCOCC4)nn23)cccc1C(F)(F)F. The number of benzene rings is 1. The number of fused-ring (bicyclic) bond motifs is 1. The molecular weight excluding hydrogens is 497 g/mol. The van der Waals surface area contributed by atoms with Crippen molar-refractivity contribution in [3.05, 3.63) is 52.3 Å². The van der Waals surface area contributed by atoms with Crippen molar-refractivity contribution in [1.29, 1.82) is 0 Å². The maximum absolute atomic E-state index is 13.6. The molecule has 5 N–H and O–H groups in total. The second-order valence-electron chi connectivity index (χ2n) is 9.93. The monoisotopic (exact) mass is 534 g/mol. The van der Waals surface area contributed by atoms with Crippen molar-refractivity contribution < 1.29 is 23.0 Å². The zero-order valence-corrected chi connectivity index (χ0v) is 21.8. The number of nitrogens with two attached hydrogens (primary N) is 2. The number of aliphatic hydroxyl groups excluding tert-OH is 1. The molecule has 2 aromatic heterocycles. The molecule has 0 saturated carbocycles. The van der Waals surface area contributed by atoms with Gasteiger partial charge in [0.15, 0.2) is 11.5 Å². The molecule has 1 aliphatic rings. The zero-order chi connectivity index (χ0) is 27.3. The van der Waals surface area contributed by atoms with Crippen LogP contribution in [0.3, 0.4) is 0 Å². The lowest BCUT2D eigenvalue weighted by molar-refractivity contribution is -0.138. The summed E-state index contributed by atoms with van der Waals surface area (Å²) in [6.45, 7) is 4.68. The van der Waals surface area contributed by atoms with E-state index in [2.05, 4.69) is 4.90 Å². The van der Waals surface area contributed by atoms with E-state index in [0.29, 0.717) is 62.0 Å². The number of anilines is 2. The molecule has 0 bridgehead atoms. The number of aliphatic hydroxyl groups is 1. The molecule has 1 aromatic carbocycles. The molecule has 1 fully saturated rings. The third-order valence-electron chi connectivity index (χ3n) is 7.33. The molecule has 38 heavy (non-hydrogen) atoms. The number of nitrogens with zero attached hydrogens (tertiary/aromatic N) is 4. The average molecular weight is 535 g/mol. The molecule has 1 saturated heterocycles. The van der Waals surface area contributed by atoms with Gasteiger partial charge in [-0.1, -0.05) is 18.6 Å². The van der Waals surface area contributed by atoms with E-state index >= 15 is 0 Å². The molecule has 1 atom stereocenters. The van der Waals surface area contributed by atoms with Gasteiger partial charge in [0.2, 0.25) is 0 Å². The minimum absolute atomic E-state index is 0.108. The quantitative estimate of drug-likeness (QED) is 0.321. The highest BCUT2D eigenvalue weighted by molar-refractivity contribution is 5.69. The first-order chi connectivity index (χ1) is 18.2. The number of hydrogen-bond acceptors (Lipinski definition) is 7. The topological polar surface area (TPSA) is 115 Å². The van der Waals surface area contributed by atoms with Gasteiger partial charge in [-0.05, 0) is 62.3 Å². The van der Waals surface area contributed by atoms with Crippen LogP contribution in [0.2, 0.25) is 0 Å². The van der Waals surface area contributed by atoms with Gasteiger partial charge in [0.25, 0.3) is 0 Å². The number of ether oxygens (including phenoxy) is 1. The molecule has 0 radical (unpaired) electrons. The number of imidazole rings is 1. The lowest BCUT2D eigenvalue weighted by atomic mass is 9.96. The molecule has 0 aliphatic carbocycles. The van der Waals surface area contributed by atoms with Crippen LogP contribution in [-0.4, -0.2) is 59.2 Å². The highest BCUT2D eigenvalue weighted by atomic mass is 19.4. The van der Waals surface area contributed by atoms with Gasteiger partial charge in [-0.25, -0.2) is 9.50 Å². The first kappa shape index (κ1) is 28.1. The highest BCUT2D eigenvalue weighted by Gasteiger charge is 2.33. The number of morpholine rings is 1. The van der Waals surface area contributed by atoms with Crippen LogP contribution in [0.5, 0.6) is 0 Å². The third kappa shape index (κ3) is 6.39. The number of halogens is 3. The predicted octanol–water partition coefficient (Wildman–Crippen LogP) is 3.74. The number of unbranched alkanes of at least 4 members (excludes halogenated alkanes) is 1. The Labute approximate surface area is 220 Å². The van der Waals surface area contributed by atoms with Gasteiger partial charge in [-0.2, -0.15) is 13.2 Å². The summed E-state index contributed by atoms with van der Waals surface area (Å²) in [7, 11) is 0. The van der Waals surface area contributed by atoms with Crippen LogP contribution < -0.4 is 16.4 Å². The standard InChI is InChI=1S/C27H37F3N6O2/c1-18-20(6-4-7-21(18)27(28,29)30)15-24-23(8-3-2-5-19(17-37)9-10-31)33-26-22(32)16-25(34-36(24)26)35-11-13-38-14-12-35/h4,6-7,16,19,37H,2-3,5,8-15,17,31-32H2,1H3. The van der Waals surface area contributed by atoms with Crippen LogP contribution in [0, 0.1) is 12.8 Å². The predicted molar refractivity (Wildman–Crippen MR) is 141 cm³/mol. The van der Waals surface area contributed by atoms with Crippen LogP contribution >= 0.6 is 0 Å². The third-order valence-corrected chi connectivity index (χ3v) is 7.33. The molecule has 0 spiro atoms. The number of hydrogen-bond donors (Lipinski definition) is 3. The van der Waals surface area contributed by atoms with E-state index in [1.165, 1.54) is 13.0 Å². The van der Waals surface area contributed by atoms with Crippen molar-refractivity contribution in [2.45, 2.75) is 51.6 Å². The summed E-state index contributed by atoms with van der Waals surface area (Å²) >= 11 is 0. The molecule has 1 aliphatic heterocycles. The van der Waals surface area contributed by atoms with Gasteiger partial charge in [0, 0.05) is 32.2 Å². The van der Waals surface area contributed by atoms with Gasteiger partial charge >= 0.3 is 6.18 Å². The summed E-state index contributed by atoms with van der Waals surface area (Å²) < 4.78 is 48.0. The zero-order valence-electron chi connectivity index (χ0n) is 21.8. The van der Waals surface area contributed by atoms with Crippen molar-refractivity contribution in [3.8, 4) is 0 Å². The largest absolute Gasteiger partial charge is 0.416 e. The summed E-state index contributed by atoms with van der Waals surface area (Å²) in [6, 6.07) is 6.08. The van der Waals surface area contributed by atoms with Crippen molar-refractivity contribution in [1.82, 2.24) is 14.6 Å².